The normalized spacial score (nSPS) is 21.4. The number of likely N-dealkylation sites (tertiary alicyclic amines) is 1. The predicted molar refractivity (Wildman–Crippen MR) is 91.7 cm³/mol. The van der Waals surface area contributed by atoms with Gasteiger partial charge in [0.1, 0.15) is 0 Å². The average Bonchev–Trinajstić information content (AvgIpc) is 3.31. The van der Waals surface area contributed by atoms with E-state index in [1.165, 1.54) is 10.9 Å². The molecule has 2 amide bonds. The van der Waals surface area contributed by atoms with Gasteiger partial charge in [0.25, 0.3) is 0 Å². The van der Waals surface area contributed by atoms with Gasteiger partial charge < -0.3 is 10.2 Å². The topological polar surface area (TPSA) is 67.2 Å². The van der Waals surface area contributed by atoms with Gasteiger partial charge in [-0.2, -0.15) is 18.3 Å². The number of rotatable bonds is 5. The molecule has 1 aromatic heterocycles. The SMILES string of the molecule is O=C(CC1CCCC1)NCC(=O)N1CCCC(n2ccc(C(F)(F)F)n2)C1. The lowest BCUT2D eigenvalue weighted by Gasteiger charge is -2.33. The molecular formula is C18H25F3N4O2. The smallest absolute Gasteiger partial charge is 0.347 e. The van der Waals surface area contributed by atoms with Crippen LogP contribution in [-0.4, -0.2) is 46.1 Å². The Morgan fingerprint density at radius 2 is 1.93 bits per heavy atom. The number of aromatic nitrogens is 2. The third kappa shape index (κ3) is 5.23. The number of alkyl halides is 3. The molecule has 1 N–H and O–H groups in total. The Morgan fingerprint density at radius 3 is 2.59 bits per heavy atom. The highest BCUT2D eigenvalue weighted by Gasteiger charge is 2.35. The largest absolute Gasteiger partial charge is 0.435 e. The van der Waals surface area contributed by atoms with Crippen molar-refractivity contribution in [3.05, 3.63) is 18.0 Å². The van der Waals surface area contributed by atoms with Gasteiger partial charge in [0.15, 0.2) is 5.69 Å². The van der Waals surface area contributed by atoms with Gasteiger partial charge >= 0.3 is 6.18 Å². The van der Waals surface area contributed by atoms with Crippen LogP contribution in [0.15, 0.2) is 12.3 Å². The van der Waals surface area contributed by atoms with Crippen LogP contribution in [0.2, 0.25) is 0 Å². The zero-order valence-electron chi connectivity index (χ0n) is 15.2. The molecule has 3 rings (SSSR count). The molecule has 2 heterocycles. The van der Waals surface area contributed by atoms with Crippen molar-refractivity contribution in [1.82, 2.24) is 20.0 Å². The molecule has 1 saturated heterocycles. The molecular weight excluding hydrogens is 361 g/mol. The molecule has 6 nitrogen and oxygen atoms in total. The van der Waals surface area contributed by atoms with Gasteiger partial charge in [-0.3, -0.25) is 14.3 Å². The second-order valence-electron chi connectivity index (χ2n) is 7.45. The summed E-state index contributed by atoms with van der Waals surface area (Å²) in [5.74, 6) is 0.107. The van der Waals surface area contributed by atoms with E-state index >= 15 is 0 Å². The maximum absolute atomic E-state index is 12.7. The molecule has 9 heteroatoms. The van der Waals surface area contributed by atoms with E-state index < -0.39 is 11.9 Å². The number of halogens is 3. The number of hydrogen-bond donors (Lipinski definition) is 1. The first-order valence-electron chi connectivity index (χ1n) is 9.50. The summed E-state index contributed by atoms with van der Waals surface area (Å²) < 4.78 is 39.4. The van der Waals surface area contributed by atoms with Crippen LogP contribution in [0.3, 0.4) is 0 Å². The van der Waals surface area contributed by atoms with Crippen LogP contribution >= 0.6 is 0 Å². The molecule has 27 heavy (non-hydrogen) atoms. The minimum absolute atomic E-state index is 0.0643. The maximum Gasteiger partial charge on any atom is 0.435 e. The minimum atomic E-state index is -4.47. The number of nitrogens with zero attached hydrogens (tertiary/aromatic N) is 3. The Morgan fingerprint density at radius 1 is 1.19 bits per heavy atom. The van der Waals surface area contributed by atoms with E-state index in [4.69, 9.17) is 0 Å². The molecule has 1 unspecified atom stereocenters. The van der Waals surface area contributed by atoms with Gasteiger partial charge in [0.2, 0.25) is 11.8 Å². The molecule has 1 aliphatic heterocycles. The lowest BCUT2D eigenvalue weighted by molar-refractivity contribution is -0.142. The van der Waals surface area contributed by atoms with Gasteiger partial charge in [0, 0.05) is 25.7 Å². The van der Waals surface area contributed by atoms with E-state index in [0.29, 0.717) is 38.3 Å². The highest BCUT2D eigenvalue weighted by atomic mass is 19.4. The van der Waals surface area contributed by atoms with Crippen molar-refractivity contribution in [1.29, 1.82) is 0 Å². The summed E-state index contributed by atoms with van der Waals surface area (Å²) in [5.41, 5.74) is -0.926. The van der Waals surface area contributed by atoms with E-state index in [2.05, 4.69) is 10.4 Å². The molecule has 0 bridgehead atoms. The van der Waals surface area contributed by atoms with Crippen LogP contribution in [0.5, 0.6) is 0 Å². The van der Waals surface area contributed by atoms with E-state index in [-0.39, 0.29) is 24.4 Å². The van der Waals surface area contributed by atoms with E-state index in [1.807, 2.05) is 0 Å². The number of hydrogen-bond acceptors (Lipinski definition) is 3. The summed E-state index contributed by atoms with van der Waals surface area (Å²) in [6.45, 7) is 0.780. The molecule has 2 fully saturated rings. The lowest BCUT2D eigenvalue weighted by Crippen LogP contribution is -2.45. The van der Waals surface area contributed by atoms with E-state index in [9.17, 15) is 22.8 Å². The lowest BCUT2D eigenvalue weighted by atomic mass is 10.0. The highest BCUT2D eigenvalue weighted by Crippen LogP contribution is 2.29. The fourth-order valence-corrected chi connectivity index (χ4v) is 3.92. The molecule has 150 valence electrons. The third-order valence-corrected chi connectivity index (χ3v) is 5.41. The molecule has 0 spiro atoms. The van der Waals surface area contributed by atoms with Crippen molar-refractivity contribution >= 4 is 11.8 Å². The Bertz CT molecular complexity index is 668. The molecule has 1 atom stereocenters. The Kier molecular flexibility index (Phi) is 6.06. The summed E-state index contributed by atoms with van der Waals surface area (Å²) in [7, 11) is 0. The van der Waals surface area contributed by atoms with E-state index in [1.54, 1.807) is 4.90 Å². The molecule has 0 radical (unpaired) electrons. The summed E-state index contributed by atoms with van der Waals surface area (Å²) in [5, 5.41) is 6.30. The number of piperidine rings is 1. The van der Waals surface area contributed by atoms with Gasteiger partial charge in [-0.05, 0) is 37.7 Å². The fourth-order valence-electron chi connectivity index (χ4n) is 3.92. The van der Waals surface area contributed by atoms with Gasteiger partial charge in [-0.15, -0.1) is 0 Å². The summed E-state index contributed by atoms with van der Waals surface area (Å²) in [4.78, 5) is 25.9. The fraction of sp³-hybridized carbons (Fsp3) is 0.722. The molecule has 1 aliphatic carbocycles. The third-order valence-electron chi connectivity index (χ3n) is 5.41. The van der Waals surface area contributed by atoms with Crippen LogP contribution in [0.1, 0.15) is 56.7 Å². The first kappa shape index (κ1) is 19.7. The predicted octanol–water partition coefficient (Wildman–Crippen LogP) is 2.76. The van der Waals surface area contributed by atoms with Gasteiger partial charge in [0.05, 0.1) is 12.6 Å². The van der Waals surface area contributed by atoms with Crippen LogP contribution in [0.4, 0.5) is 13.2 Å². The van der Waals surface area contributed by atoms with Crippen LogP contribution in [0.25, 0.3) is 0 Å². The first-order chi connectivity index (χ1) is 12.8. The van der Waals surface area contributed by atoms with Crippen LogP contribution in [0, 0.1) is 5.92 Å². The van der Waals surface area contributed by atoms with Crippen molar-refractivity contribution in [2.24, 2.45) is 5.92 Å². The average molecular weight is 386 g/mol. The minimum Gasteiger partial charge on any atom is -0.347 e. The monoisotopic (exact) mass is 386 g/mol. The quantitative estimate of drug-likeness (QED) is 0.846. The Hall–Kier alpha value is -2.06. The van der Waals surface area contributed by atoms with Crippen molar-refractivity contribution in [3.8, 4) is 0 Å². The second-order valence-corrected chi connectivity index (χ2v) is 7.45. The Balaban J connectivity index is 1.49. The van der Waals surface area contributed by atoms with Crippen molar-refractivity contribution < 1.29 is 22.8 Å². The van der Waals surface area contributed by atoms with Crippen molar-refractivity contribution in [2.45, 2.75) is 57.2 Å². The number of carbonyl (C=O) groups is 2. The maximum atomic E-state index is 12.7. The molecule has 1 aromatic rings. The summed E-state index contributed by atoms with van der Waals surface area (Å²) in [6.07, 6.45) is 3.11. The molecule has 2 aliphatic rings. The van der Waals surface area contributed by atoms with E-state index in [0.717, 1.165) is 31.7 Å². The first-order valence-corrected chi connectivity index (χ1v) is 9.50. The highest BCUT2D eigenvalue weighted by molar-refractivity contribution is 5.84. The van der Waals surface area contributed by atoms with Crippen LogP contribution in [-0.2, 0) is 15.8 Å². The number of carbonyl (C=O) groups excluding carboxylic acids is 2. The summed E-state index contributed by atoms with van der Waals surface area (Å²) in [6, 6.07) is 0.664. The van der Waals surface area contributed by atoms with Crippen LogP contribution < -0.4 is 5.32 Å². The van der Waals surface area contributed by atoms with Gasteiger partial charge in [-0.25, -0.2) is 0 Å². The zero-order valence-corrected chi connectivity index (χ0v) is 15.2. The molecule has 0 aromatic carbocycles. The number of nitrogens with one attached hydrogen (secondary N) is 1. The standard InChI is InChI=1S/C18H25F3N4O2/c19-18(20,21)15-7-9-25(23-15)14-6-3-8-24(12-14)17(27)11-22-16(26)10-13-4-1-2-5-13/h7,9,13-14H,1-6,8,10-12H2,(H,22,26). The second kappa shape index (κ2) is 8.31. The number of amides is 2. The molecule has 1 saturated carbocycles. The zero-order chi connectivity index (χ0) is 19.4. The Labute approximate surface area is 156 Å². The van der Waals surface area contributed by atoms with Gasteiger partial charge in [-0.1, -0.05) is 12.8 Å². The van der Waals surface area contributed by atoms with Crippen molar-refractivity contribution in [3.63, 3.8) is 0 Å². The summed E-state index contributed by atoms with van der Waals surface area (Å²) >= 11 is 0. The van der Waals surface area contributed by atoms with Crippen molar-refractivity contribution in [2.75, 3.05) is 19.6 Å².